The van der Waals surface area contributed by atoms with Gasteiger partial charge in [0.2, 0.25) is 0 Å². The van der Waals surface area contributed by atoms with Gasteiger partial charge in [-0.05, 0) is 29.8 Å². The summed E-state index contributed by atoms with van der Waals surface area (Å²) in [5, 5.41) is 2.61. The van der Waals surface area contributed by atoms with Crippen LogP contribution in [0.2, 0.25) is 0 Å². The predicted octanol–water partition coefficient (Wildman–Crippen LogP) is 1.09. The van der Waals surface area contributed by atoms with Crippen molar-refractivity contribution in [3.8, 4) is 16.9 Å². The number of benzene rings is 1. The summed E-state index contributed by atoms with van der Waals surface area (Å²) in [6.45, 7) is 4.21. The second kappa shape index (κ2) is 10.4. The number of aromatic nitrogens is 1. The van der Waals surface area contributed by atoms with Crippen molar-refractivity contribution in [1.29, 1.82) is 0 Å². The van der Waals surface area contributed by atoms with Crippen molar-refractivity contribution in [3.63, 3.8) is 0 Å². The Kier molecular flexibility index (Phi) is 7.45. The molecule has 9 heteroatoms. The van der Waals surface area contributed by atoms with Gasteiger partial charge >= 0.3 is 6.09 Å². The smallest absolute Gasteiger partial charge is 0.407 e. The summed E-state index contributed by atoms with van der Waals surface area (Å²) < 4.78 is 9.94. The molecule has 3 N–H and O–H groups in total. The molecule has 1 aliphatic rings. The summed E-state index contributed by atoms with van der Waals surface area (Å²) in [6.07, 6.45) is 1.26. The molecule has 9 nitrogen and oxygen atoms in total. The van der Waals surface area contributed by atoms with Gasteiger partial charge < -0.3 is 25.4 Å². The van der Waals surface area contributed by atoms with Crippen LogP contribution >= 0.6 is 0 Å². The molecule has 0 spiro atoms. The molecule has 0 atom stereocenters. The first-order chi connectivity index (χ1) is 14.5. The number of alkyl carbamates (subject to hydrolysis) is 1. The minimum atomic E-state index is -0.675. The van der Waals surface area contributed by atoms with Gasteiger partial charge in [-0.1, -0.05) is 12.1 Å². The minimum absolute atomic E-state index is 0.409. The summed E-state index contributed by atoms with van der Waals surface area (Å²) in [7, 11) is 1.66. The van der Waals surface area contributed by atoms with Gasteiger partial charge in [0.05, 0.1) is 7.11 Å². The van der Waals surface area contributed by atoms with Crippen LogP contribution in [0, 0.1) is 0 Å². The number of carbonyl (C=O) groups excluding carboxylic acids is 2. The first-order valence-electron chi connectivity index (χ1n) is 9.82. The number of amides is 2. The van der Waals surface area contributed by atoms with Gasteiger partial charge in [0.25, 0.3) is 5.91 Å². The van der Waals surface area contributed by atoms with Crippen LogP contribution in [0.4, 0.5) is 10.6 Å². The number of ether oxygens (including phenoxy) is 2. The lowest BCUT2D eigenvalue weighted by molar-refractivity contribution is -0.120. The van der Waals surface area contributed by atoms with Crippen LogP contribution < -0.4 is 20.7 Å². The van der Waals surface area contributed by atoms with Gasteiger partial charge in [-0.3, -0.25) is 9.69 Å². The zero-order valence-corrected chi connectivity index (χ0v) is 17.0. The Hall–Kier alpha value is -3.33. The first kappa shape index (κ1) is 21.4. The average molecular weight is 413 g/mol. The fraction of sp³-hybridized carbons (Fsp3) is 0.381. The molecule has 2 amide bonds. The highest BCUT2D eigenvalue weighted by atomic mass is 16.6. The lowest BCUT2D eigenvalue weighted by atomic mass is 10.1. The Bertz CT molecular complexity index is 851. The number of hydrogen-bond donors (Lipinski definition) is 2. The van der Waals surface area contributed by atoms with Crippen LogP contribution in [0.1, 0.15) is 0 Å². The summed E-state index contributed by atoms with van der Waals surface area (Å²) in [4.78, 5) is 31.1. The van der Waals surface area contributed by atoms with Crippen molar-refractivity contribution in [1.82, 2.24) is 15.2 Å². The first-order valence-corrected chi connectivity index (χ1v) is 9.82. The van der Waals surface area contributed by atoms with Crippen molar-refractivity contribution < 1.29 is 19.1 Å². The van der Waals surface area contributed by atoms with E-state index in [1.807, 2.05) is 36.5 Å². The van der Waals surface area contributed by atoms with E-state index in [1.54, 1.807) is 7.11 Å². The van der Waals surface area contributed by atoms with Crippen LogP contribution in [0.15, 0.2) is 42.6 Å². The zero-order chi connectivity index (χ0) is 21.3. The van der Waals surface area contributed by atoms with Crippen LogP contribution in [0.25, 0.3) is 11.1 Å². The predicted molar refractivity (Wildman–Crippen MR) is 113 cm³/mol. The van der Waals surface area contributed by atoms with E-state index in [0.29, 0.717) is 13.1 Å². The maximum absolute atomic E-state index is 11.4. The molecule has 3 rings (SSSR count). The third-order valence-electron chi connectivity index (χ3n) is 4.89. The molecule has 0 aliphatic carbocycles. The summed E-state index contributed by atoms with van der Waals surface area (Å²) in [6, 6.07) is 12.0. The highest BCUT2D eigenvalue weighted by Crippen LogP contribution is 2.25. The second-order valence-corrected chi connectivity index (χ2v) is 6.93. The van der Waals surface area contributed by atoms with Gasteiger partial charge in [0.1, 0.15) is 11.6 Å². The number of hydrogen-bond acceptors (Lipinski definition) is 7. The maximum atomic E-state index is 11.4. The van der Waals surface area contributed by atoms with Gasteiger partial charge in [0.15, 0.2) is 6.61 Å². The highest BCUT2D eigenvalue weighted by molar-refractivity contribution is 5.78. The number of carbonyl (C=O) groups is 2. The number of methoxy groups -OCH3 is 1. The number of nitrogens with one attached hydrogen (secondary N) is 1. The van der Waals surface area contributed by atoms with E-state index in [4.69, 9.17) is 10.5 Å². The van der Waals surface area contributed by atoms with Gasteiger partial charge in [-0.25, -0.2) is 9.78 Å². The van der Waals surface area contributed by atoms with E-state index < -0.39 is 18.6 Å². The van der Waals surface area contributed by atoms with Crippen molar-refractivity contribution in [3.05, 3.63) is 42.6 Å². The lowest BCUT2D eigenvalue weighted by Crippen LogP contribution is -2.48. The third kappa shape index (κ3) is 6.08. The quantitative estimate of drug-likeness (QED) is 0.667. The van der Waals surface area contributed by atoms with Crippen molar-refractivity contribution in [2.45, 2.75) is 0 Å². The van der Waals surface area contributed by atoms with E-state index >= 15 is 0 Å². The molecular weight excluding hydrogens is 386 g/mol. The SMILES string of the molecule is COc1cccc(-c2ccc(N3CCN(CCNC(=O)OCC(N)=O)CC3)nc2)c1. The van der Waals surface area contributed by atoms with Crippen LogP contribution in [-0.2, 0) is 9.53 Å². The largest absolute Gasteiger partial charge is 0.497 e. The molecule has 1 saturated heterocycles. The molecule has 0 radical (unpaired) electrons. The zero-order valence-electron chi connectivity index (χ0n) is 17.0. The Morgan fingerprint density at radius 1 is 1.13 bits per heavy atom. The highest BCUT2D eigenvalue weighted by Gasteiger charge is 2.18. The van der Waals surface area contributed by atoms with Crippen LogP contribution in [0.5, 0.6) is 5.75 Å². The molecule has 30 heavy (non-hydrogen) atoms. The molecule has 1 aliphatic heterocycles. The number of primary amides is 1. The maximum Gasteiger partial charge on any atom is 0.407 e. The van der Waals surface area contributed by atoms with E-state index in [0.717, 1.165) is 48.9 Å². The number of nitrogens with zero attached hydrogens (tertiary/aromatic N) is 3. The van der Waals surface area contributed by atoms with E-state index in [1.165, 1.54) is 0 Å². The van der Waals surface area contributed by atoms with Crippen LogP contribution in [0.3, 0.4) is 0 Å². The normalized spacial score (nSPS) is 14.2. The molecule has 0 bridgehead atoms. The van der Waals surface area contributed by atoms with Crippen molar-refractivity contribution >= 4 is 17.8 Å². The average Bonchev–Trinajstić information content (AvgIpc) is 2.78. The number of nitrogens with two attached hydrogens (primary N) is 1. The summed E-state index contributed by atoms with van der Waals surface area (Å²) in [5.41, 5.74) is 7.05. The number of piperazine rings is 1. The second-order valence-electron chi connectivity index (χ2n) is 6.93. The van der Waals surface area contributed by atoms with Gasteiger partial charge in [0, 0.05) is 51.0 Å². The summed E-state index contributed by atoms with van der Waals surface area (Å²) >= 11 is 0. The molecule has 0 saturated carbocycles. The van der Waals surface area contributed by atoms with E-state index in [-0.39, 0.29) is 0 Å². The number of pyridine rings is 1. The van der Waals surface area contributed by atoms with Crippen LogP contribution in [-0.4, -0.2) is 74.9 Å². The topological polar surface area (TPSA) is 110 Å². The monoisotopic (exact) mass is 413 g/mol. The standard InChI is InChI=1S/C21H27N5O4/c1-29-18-4-2-3-16(13-18)17-5-6-20(24-14-17)26-11-9-25(10-12-26)8-7-23-21(28)30-15-19(22)27/h2-6,13-14H,7-12,15H2,1H3,(H2,22,27)(H,23,28). The summed E-state index contributed by atoms with van der Waals surface area (Å²) in [5.74, 6) is 1.10. The third-order valence-corrected chi connectivity index (χ3v) is 4.89. The molecule has 2 heterocycles. The Balaban J connectivity index is 1.43. The molecule has 1 aromatic heterocycles. The molecule has 1 aromatic carbocycles. The van der Waals surface area contributed by atoms with E-state index in [9.17, 15) is 9.59 Å². The molecule has 0 unspecified atom stereocenters. The lowest BCUT2D eigenvalue weighted by Gasteiger charge is -2.35. The van der Waals surface area contributed by atoms with Crippen molar-refractivity contribution in [2.75, 3.05) is 57.9 Å². The fourth-order valence-electron chi connectivity index (χ4n) is 3.25. The molecular formula is C21H27N5O4. The minimum Gasteiger partial charge on any atom is -0.497 e. The van der Waals surface area contributed by atoms with E-state index in [2.05, 4.69) is 30.9 Å². The Morgan fingerprint density at radius 3 is 2.60 bits per heavy atom. The molecule has 2 aromatic rings. The van der Waals surface area contributed by atoms with Crippen molar-refractivity contribution in [2.24, 2.45) is 5.73 Å². The number of anilines is 1. The Labute approximate surface area is 175 Å². The number of rotatable bonds is 8. The Morgan fingerprint density at radius 2 is 1.93 bits per heavy atom. The van der Waals surface area contributed by atoms with Gasteiger partial charge in [-0.15, -0.1) is 0 Å². The fourth-order valence-corrected chi connectivity index (χ4v) is 3.25. The molecule has 160 valence electrons. The van der Waals surface area contributed by atoms with Gasteiger partial charge in [-0.2, -0.15) is 0 Å². The molecule has 1 fully saturated rings.